The van der Waals surface area contributed by atoms with E-state index in [1.165, 1.54) is 62.8 Å². The fourth-order valence-electron chi connectivity index (χ4n) is 8.95. The third-order valence-electron chi connectivity index (χ3n) is 10.6. The number of carbonyl (C=O) groups is 6. The first-order valence-electron chi connectivity index (χ1n) is 14.7. The van der Waals surface area contributed by atoms with Gasteiger partial charge in [-0.1, -0.05) is 36.8 Å². The molecule has 9 nitrogen and oxygen atoms in total. The van der Waals surface area contributed by atoms with Crippen LogP contribution in [0.5, 0.6) is 0 Å². The summed E-state index contributed by atoms with van der Waals surface area (Å²) in [6.45, 7) is 0. The topological polar surface area (TPSA) is 112 Å². The van der Waals surface area contributed by atoms with Crippen LogP contribution in [-0.4, -0.2) is 68.3 Å². The van der Waals surface area contributed by atoms with E-state index in [2.05, 4.69) is 0 Å². The molecule has 4 unspecified atom stereocenters. The third kappa shape index (κ3) is 3.65. The van der Waals surface area contributed by atoms with Crippen LogP contribution < -0.4 is 0 Å². The van der Waals surface area contributed by atoms with Crippen LogP contribution >= 0.6 is 0 Å². The molecule has 0 N–H and O–H groups in total. The van der Waals surface area contributed by atoms with Gasteiger partial charge in [0.2, 0.25) is 0 Å². The number of amides is 6. The van der Waals surface area contributed by atoms with Gasteiger partial charge in [-0.05, 0) is 56.3 Å². The average Bonchev–Trinajstić information content (AvgIpc) is 3.47. The van der Waals surface area contributed by atoms with E-state index in [1.807, 2.05) is 0 Å². The standard InChI is InChI=1S/C31H33N3O6/c35-22-11-12-23(36)32(22)29-28(17-7-9-20-18-5-3-1-2-4-6-19(18)21(20)10-8-17)30(33-24(37)13-14-25(33)38)31(29)34-26(39)15-16-27(34)40/h11-19,28-31H,1-10H2/t17?,18-,19?,28?,29?,30?,31?/m1/s1. The van der Waals surface area contributed by atoms with Gasteiger partial charge < -0.3 is 0 Å². The molecule has 4 aliphatic carbocycles. The first kappa shape index (κ1) is 25.4. The van der Waals surface area contributed by atoms with Crippen molar-refractivity contribution in [3.63, 3.8) is 0 Å². The molecule has 9 heteroatoms. The number of hydrogen-bond donors (Lipinski definition) is 0. The van der Waals surface area contributed by atoms with Gasteiger partial charge in [0.25, 0.3) is 35.4 Å². The van der Waals surface area contributed by atoms with Gasteiger partial charge in [0.1, 0.15) is 0 Å². The van der Waals surface area contributed by atoms with Gasteiger partial charge in [0.15, 0.2) is 0 Å². The molecule has 7 rings (SSSR count). The van der Waals surface area contributed by atoms with Crippen molar-refractivity contribution >= 4 is 35.4 Å². The lowest BCUT2D eigenvalue weighted by Gasteiger charge is -2.60. The molecule has 0 aromatic heterocycles. The Bertz CT molecular complexity index is 1220. The minimum absolute atomic E-state index is 0.00597. The minimum atomic E-state index is -0.990. The first-order chi connectivity index (χ1) is 19.4. The second kappa shape index (κ2) is 9.49. The van der Waals surface area contributed by atoms with Gasteiger partial charge in [-0.2, -0.15) is 0 Å². The third-order valence-corrected chi connectivity index (χ3v) is 10.6. The highest BCUT2D eigenvalue weighted by atomic mass is 16.2. The molecule has 5 atom stereocenters. The molecule has 208 valence electrons. The minimum Gasteiger partial charge on any atom is -0.270 e. The maximum absolute atomic E-state index is 13.0. The van der Waals surface area contributed by atoms with E-state index >= 15 is 0 Å². The van der Waals surface area contributed by atoms with Crippen LogP contribution in [0.1, 0.15) is 64.2 Å². The van der Waals surface area contributed by atoms with E-state index in [1.54, 1.807) is 11.1 Å². The van der Waals surface area contributed by atoms with Crippen molar-refractivity contribution in [3.8, 4) is 0 Å². The lowest BCUT2D eigenvalue weighted by atomic mass is 9.60. The van der Waals surface area contributed by atoms with Crippen LogP contribution in [0.4, 0.5) is 0 Å². The summed E-state index contributed by atoms with van der Waals surface area (Å²) in [5.41, 5.74) is 3.16. The Hall–Kier alpha value is -3.62. The number of imide groups is 3. The highest BCUT2D eigenvalue weighted by Gasteiger charge is 2.65. The lowest BCUT2D eigenvalue weighted by Crippen LogP contribution is -2.79. The lowest BCUT2D eigenvalue weighted by molar-refractivity contribution is -0.178. The van der Waals surface area contributed by atoms with Gasteiger partial charge in [-0.15, -0.1) is 0 Å². The zero-order valence-corrected chi connectivity index (χ0v) is 22.4. The molecule has 0 aromatic rings. The fourth-order valence-corrected chi connectivity index (χ4v) is 8.95. The Kier molecular flexibility index (Phi) is 6.02. The number of carbonyl (C=O) groups excluding carboxylic acids is 6. The molecule has 3 heterocycles. The molecule has 6 amide bonds. The summed E-state index contributed by atoms with van der Waals surface area (Å²) in [4.78, 5) is 81.1. The molecule has 0 bridgehead atoms. The zero-order valence-electron chi connectivity index (χ0n) is 22.4. The summed E-state index contributed by atoms with van der Waals surface area (Å²) >= 11 is 0. The molecule has 2 saturated carbocycles. The smallest absolute Gasteiger partial charge is 0.254 e. The molecule has 7 aliphatic rings. The van der Waals surface area contributed by atoms with E-state index in [-0.39, 0.29) is 5.92 Å². The summed E-state index contributed by atoms with van der Waals surface area (Å²) in [7, 11) is 0. The normalized spacial score (nSPS) is 37.5. The highest BCUT2D eigenvalue weighted by molar-refractivity contribution is 6.16. The van der Waals surface area contributed by atoms with Crippen molar-refractivity contribution < 1.29 is 28.8 Å². The predicted octanol–water partition coefficient (Wildman–Crippen LogP) is 2.58. The summed E-state index contributed by atoms with van der Waals surface area (Å²) in [5.74, 6) is -2.24. The molecular weight excluding hydrogens is 510 g/mol. The van der Waals surface area contributed by atoms with Crippen molar-refractivity contribution in [2.75, 3.05) is 0 Å². The van der Waals surface area contributed by atoms with Crippen molar-refractivity contribution in [2.24, 2.45) is 23.7 Å². The number of hydrogen-bond acceptors (Lipinski definition) is 6. The van der Waals surface area contributed by atoms with Crippen molar-refractivity contribution in [2.45, 2.75) is 82.3 Å². The Morgan fingerprint density at radius 2 is 0.800 bits per heavy atom. The number of fused-ring (bicyclic) bond motifs is 3. The maximum atomic E-state index is 13.0. The molecule has 0 aromatic carbocycles. The summed E-state index contributed by atoms with van der Waals surface area (Å²) in [6, 6.07) is -2.60. The van der Waals surface area contributed by atoms with Gasteiger partial charge in [0.05, 0.1) is 18.1 Å². The van der Waals surface area contributed by atoms with Gasteiger partial charge in [-0.3, -0.25) is 43.5 Å². The molecule has 2 fully saturated rings. The quantitative estimate of drug-likeness (QED) is 0.398. The molecule has 0 radical (unpaired) electrons. The Labute approximate surface area is 232 Å². The zero-order chi connectivity index (χ0) is 27.7. The van der Waals surface area contributed by atoms with Crippen LogP contribution in [0.2, 0.25) is 0 Å². The second-order valence-corrected chi connectivity index (χ2v) is 12.3. The van der Waals surface area contributed by atoms with E-state index < -0.39 is 59.5 Å². The summed E-state index contributed by atoms with van der Waals surface area (Å²) in [5, 5.41) is 0. The Morgan fingerprint density at radius 1 is 0.450 bits per heavy atom. The first-order valence-corrected chi connectivity index (χ1v) is 14.7. The highest BCUT2D eigenvalue weighted by Crippen LogP contribution is 2.56. The summed E-state index contributed by atoms with van der Waals surface area (Å²) < 4.78 is 0. The van der Waals surface area contributed by atoms with Crippen LogP contribution in [0, 0.1) is 23.7 Å². The fraction of sp³-hybridized carbons (Fsp3) is 0.548. The van der Waals surface area contributed by atoms with E-state index in [0.717, 1.165) is 52.5 Å². The number of rotatable bonds is 4. The van der Waals surface area contributed by atoms with Gasteiger partial charge >= 0.3 is 0 Å². The van der Waals surface area contributed by atoms with Crippen LogP contribution in [0.15, 0.2) is 47.6 Å². The molecule has 0 spiro atoms. The van der Waals surface area contributed by atoms with E-state index in [4.69, 9.17) is 0 Å². The van der Waals surface area contributed by atoms with Crippen LogP contribution in [0.3, 0.4) is 0 Å². The number of nitrogens with zero attached hydrogens (tertiary/aromatic N) is 3. The molecular formula is C31H33N3O6. The van der Waals surface area contributed by atoms with Gasteiger partial charge in [0, 0.05) is 42.4 Å². The monoisotopic (exact) mass is 543 g/mol. The summed E-state index contributed by atoms with van der Waals surface area (Å²) in [6.07, 6.45) is 18.2. The second-order valence-electron chi connectivity index (χ2n) is 12.3. The van der Waals surface area contributed by atoms with Crippen LogP contribution in [-0.2, 0) is 28.8 Å². The Morgan fingerprint density at radius 3 is 1.18 bits per heavy atom. The van der Waals surface area contributed by atoms with Crippen LogP contribution in [0.25, 0.3) is 0 Å². The van der Waals surface area contributed by atoms with Gasteiger partial charge in [-0.25, -0.2) is 0 Å². The SMILES string of the molecule is O=C1C=CC(=O)N1C1C(C2CCC3=C(CC2)[C@@H]2CCCCCCC32)C(N2C(=O)C=CC2=O)C1N1C(=O)C=CC1=O. The van der Waals surface area contributed by atoms with Crippen molar-refractivity contribution in [1.82, 2.24) is 14.7 Å². The molecule has 0 saturated heterocycles. The average molecular weight is 544 g/mol. The maximum Gasteiger partial charge on any atom is 0.254 e. The molecule has 3 aliphatic heterocycles. The molecule has 40 heavy (non-hydrogen) atoms. The Balaban J connectivity index is 1.24. The van der Waals surface area contributed by atoms with E-state index in [9.17, 15) is 28.8 Å². The predicted molar refractivity (Wildman–Crippen MR) is 141 cm³/mol. The van der Waals surface area contributed by atoms with Crippen molar-refractivity contribution in [1.29, 1.82) is 0 Å². The largest absolute Gasteiger partial charge is 0.270 e. The van der Waals surface area contributed by atoms with E-state index in [0.29, 0.717) is 11.8 Å². The van der Waals surface area contributed by atoms with Crippen molar-refractivity contribution in [3.05, 3.63) is 47.6 Å². The number of allylic oxidation sites excluding steroid dienone is 2.